The first-order valence-corrected chi connectivity index (χ1v) is 6.68. The normalized spacial score (nSPS) is 28.2. The van der Waals surface area contributed by atoms with Crippen LogP contribution >= 0.6 is 0 Å². The second-order valence-electron chi connectivity index (χ2n) is 4.89. The Balaban J connectivity index is 1.60. The molecule has 0 aliphatic carbocycles. The lowest BCUT2D eigenvalue weighted by Crippen LogP contribution is -2.33. The molecule has 0 spiro atoms. The molecule has 0 amide bonds. The van der Waals surface area contributed by atoms with Crippen LogP contribution < -0.4 is 10.6 Å². The molecule has 18 heavy (non-hydrogen) atoms. The van der Waals surface area contributed by atoms with Crippen LogP contribution in [0.4, 0.5) is 5.69 Å². The topological polar surface area (TPSA) is 42.5 Å². The lowest BCUT2D eigenvalue weighted by Gasteiger charge is -2.24. The highest BCUT2D eigenvalue weighted by molar-refractivity contribution is 5.46. The third-order valence-electron chi connectivity index (χ3n) is 3.51. The highest BCUT2D eigenvalue weighted by Crippen LogP contribution is 2.21. The molecule has 2 heterocycles. The Kier molecular flexibility index (Phi) is 3.78. The Labute approximate surface area is 108 Å². The van der Waals surface area contributed by atoms with Gasteiger partial charge in [0.25, 0.3) is 0 Å². The minimum Gasteiger partial charge on any atom is -0.380 e. The summed E-state index contributed by atoms with van der Waals surface area (Å²) in [7, 11) is 0. The fraction of sp³-hybridized carbons (Fsp3) is 0.571. The first-order valence-electron chi connectivity index (χ1n) is 6.68. The number of hydrogen-bond acceptors (Lipinski definition) is 4. The molecule has 2 unspecified atom stereocenters. The average molecular weight is 248 g/mol. The lowest BCUT2D eigenvalue weighted by atomic mass is 10.1. The Hall–Kier alpha value is -1.10. The summed E-state index contributed by atoms with van der Waals surface area (Å²) in [5.74, 6) is 0. The summed E-state index contributed by atoms with van der Waals surface area (Å²) in [5, 5.41) is 6.84. The van der Waals surface area contributed by atoms with Crippen LogP contribution in [0.1, 0.15) is 18.1 Å². The highest BCUT2D eigenvalue weighted by atomic mass is 16.5. The average Bonchev–Trinajstić information content (AvgIpc) is 2.94. The lowest BCUT2D eigenvalue weighted by molar-refractivity contribution is 0.0277. The number of ether oxygens (including phenoxy) is 2. The van der Waals surface area contributed by atoms with E-state index in [9.17, 15) is 0 Å². The van der Waals surface area contributed by atoms with E-state index in [1.54, 1.807) is 0 Å². The van der Waals surface area contributed by atoms with Gasteiger partial charge in [0.05, 0.1) is 25.4 Å². The fourth-order valence-corrected chi connectivity index (χ4v) is 2.46. The standard InChI is InChI=1S/C14H20N2O2/c1-3-12(16-13-5-7-17-10-13)4-2-11(1)14-9-15-6-8-18-14/h1-4,13-16H,5-10H2. The largest absolute Gasteiger partial charge is 0.380 e. The summed E-state index contributed by atoms with van der Waals surface area (Å²) in [6, 6.07) is 9.02. The molecule has 2 aliphatic heterocycles. The third-order valence-corrected chi connectivity index (χ3v) is 3.51. The zero-order valence-electron chi connectivity index (χ0n) is 10.5. The van der Waals surface area contributed by atoms with E-state index in [-0.39, 0.29) is 6.10 Å². The smallest absolute Gasteiger partial charge is 0.0949 e. The van der Waals surface area contributed by atoms with Gasteiger partial charge in [-0.25, -0.2) is 0 Å². The van der Waals surface area contributed by atoms with Crippen LogP contribution in [0.3, 0.4) is 0 Å². The summed E-state index contributed by atoms with van der Waals surface area (Å²) >= 11 is 0. The van der Waals surface area contributed by atoms with Gasteiger partial charge in [-0.1, -0.05) is 12.1 Å². The molecule has 4 nitrogen and oxygen atoms in total. The summed E-state index contributed by atoms with van der Waals surface area (Å²) in [6.45, 7) is 4.35. The molecule has 0 radical (unpaired) electrons. The van der Waals surface area contributed by atoms with Gasteiger partial charge in [-0.3, -0.25) is 0 Å². The summed E-state index contributed by atoms with van der Waals surface area (Å²) in [6.07, 6.45) is 1.29. The van der Waals surface area contributed by atoms with E-state index in [2.05, 4.69) is 34.9 Å². The summed E-state index contributed by atoms with van der Waals surface area (Å²) < 4.78 is 11.1. The zero-order valence-corrected chi connectivity index (χ0v) is 10.5. The van der Waals surface area contributed by atoms with Crippen LogP contribution in [0.15, 0.2) is 24.3 Å². The molecular formula is C14H20N2O2. The fourth-order valence-electron chi connectivity index (χ4n) is 2.46. The second kappa shape index (κ2) is 5.69. The molecule has 0 bridgehead atoms. The van der Waals surface area contributed by atoms with Crippen LogP contribution in [0.25, 0.3) is 0 Å². The van der Waals surface area contributed by atoms with E-state index in [4.69, 9.17) is 9.47 Å². The van der Waals surface area contributed by atoms with Crippen LogP contribution in [-0.4, -0.2) is 39.0 Å². The van der Waals surface area contributed by atoms with E-state index in [0.29, 0.717) is 6.04 Å². The first-order chi connectivity index (χ1) is 8.92. The van der Waals surface area contributed by atoms with E-state index >= 15 is 0 Å². The van der Waals surface area contributed by atoms with E-state index in [0.717, 1.165) is 45.0 Å². The van der Waals surface area contributed by atoms with Crippen LogP contribution in [-0.2, 0) is 9.47 Å². The number of nitrogens with one attached hydrogen (secondary N) is 2. The minimum atomic E-state index is 0.197. The van der Waals surface area contributed by atoms with Gasteiger partial charge in [-0.15, -0.1) is 0 Å². The molecule has 1 aromatic rings. The summed E-state index contributed by atoms with van der Waals surface area (Å²) in [5.41, 5.74) is 2.41. The Morgan fingerprint density at radius 3 is 2.72 bits per heavy atom. The van der Waals surface area contributed by atoms with Crippen LogP contribution in [0.2, 0.25) is 0 Å². The first kappa shape index (κ1) is 12.0. The zero-order chi connectivity index (χ0) is 12.2. The van der Waals surface area contributed by atoms with Crippen LogP contribution in [0, 0.1) is 0 Å². The van der Waals surface area contributed by atoms with Gasteiger partial charge in [0.15, 0.2) is 0 Å². The quantitative estimate of drug-likeness (QED) is 0.851. The van der Waals surface area contributed by atoms with Gasteiger partial charge in [0.1, 0.15) is 0 Å². The maximum Gasteiger partial charge on any atom is 0.0949 e. The molecule has 2 aliphatic rings. The predicted octanol–water partition coefficient (Wildman–Crippen LogP) is 1.55. The molecule has 4 heteroatoms. The van der Waals surface area contributed by atoms with E-state index in [1.807, 2.05) is 0 Å². The van der Waals surface area contributed by atoms with Crippen molar-refractivity contribution in [2.45, 2.75) is 18.6 Å². The van der Waals surface area contributed by atoms with Gasteiger partial charge < -0.3 is 20.1 Å². The Morgan fingerprint density at radius 1 is 1.17 bits per heavy atom. The molecule has 98 valence electrons. The van der Waals surface area contributed by atoms with E-state index < -0.39 is 0 Å². The van der Waals surface area contributed by atoms with Crippen molar-refractivity contribution in [2.24, 2.45) is 0 Å². The number of anilines is 1. The van der Waals surface area contributed by atoms with E-state index in [1.165, 1.54) is 5.56 Å². The number of rotatable bonds is 3. The molecule has 3 rings (SSSR count). The van der Waals surface area contributed by atoms with Gasteiger partial charge in [0, 0.05) is 25.4 Å². The van der Waals surface area contributed by atoms with Gasteiger partial charge in [-0.2, -0.15) is 0 Å². The van der Waals surface area contributed by atoms with Crippen molar-refractivity contribution in [3.63, 3.8) is 0 Å². The minimum absolute atomic E-state index is 0.197. The molecule has 1 aromatic carbocycles. The van der Waals surface area contributed by atoms with Crippen molar-refractivity contribution in [1.82, 2.24) is 5.32 Å². The second-order valence-corrected chi connectivity index (χ2v) is 4.89. The van der Waals surface area contributed by atoms with Crippen molar-refractivity contribution in [1.29, 1.82) is 0 Å². The van der Waals surface area contributed by atoms with Crippen molar-refractivity contribution in [3.8, 4) is 0 Å². The predicted molar refractivity (Wildman–Crippen MR) is 70.9 cm³/mol. The molecule has 2 N–H and O–H groups in total. The van der Waals surface area contributed by atoms with Crippen molar-refractivity contribution >= 4 is 5.69 Å². The number of morpholine rings is 1. The molecule has 2 fully saturated rings. The van der Waals surface area contributed by atoms with Crippen LogP contribution in [0.5, 0.6) is 0 Å². The molecule has 0 aromatic heterocycles. The third kappa shape index (κ3) is 2.83. The molecular weight excluding hydrogens is 228 g/mol. The maximum atomic E-state index is 5.73. The van der Waals surface area contributed by atoms with Gasteiger partial charge in [-0.05, 0) is 24.1 Å². The summed E-state index contributed by atoms with van der Waals surface area (Å²) in [4.78, 5) is 0. The Morgan fingerprint density at radius 2 is 2.06 bits per heavy atom. The van der Waals surface area contributed by atoms with Gasteiger partial charge >= 0.3 is 0 Å². The maximum absolute atomic E-state index is 5.73. The van der Waals surface area contributed by atoms with Crippen molar-refractivity contribution < 1.29 is 9.47 Å². The number of benzene rings is 1. The van der Waals surface area contributed by atoms with Crippen molar-refractivity contribution in [2.75, 3.05) is 38.2 Å². The van der Waals surface area contributed by atoms with Crippen molar-refractivity contribution in [3.05, 3.63) is 29.8 Å². The molecule has 0 saturated carbocycles. The highest BCUT2D eigenvalue weighted by Gasteiger charge is 2.17. The number of hydrogen-bond donors (Lipinski definition) is 2. The molecule has 2 saturated heterocycles. The monoisotopic (exact) mass is 248 g/mol. The van der Waals surface area contributed by atoms with Gasteiger partial charge in [0.2, 0.25) is 0 Å². The molecule has 2 atom stereocenters. The SMILES string of the molecule is c1cc(C2CNCCO2)ccc1NC1CCOC1. The Bertz CT molecular complexity index is 368.